The van der Waals surface area contributed by atoms with Gasteiger partial charge in [-0.15, -0.1) is 0 Å². The Hall–Kier alpha value is -1.29. The maximum atomic E-state index is 11.9. The molecule has 4 heteroatoms. The molecular weight excluding hydrogens is 202 g/mol. The molecule has 0 spiro atoms. The van der Waals surface area contributed by atoms with Crippen molar-refractivity contribution in [2.24, 2.45) is 11.8 Å². The number of hydrogen-bond acceptors (Lipinski definition) is 3. The Balaban J connectivity index is 1.82. The van der Waals surface area contributed by atoms with Crippen LogP contribution in [0.2, 0.25) is 0 Å². The lowest BCUT2D eigenvalue weighted by Crippen LogP contribution is -2.38. The number of fused-ring (bicyclic) bond motifs is 1. The van der Waals surface area contributed by atoms with Crippen molar-refractivity contribution in [3.63, 3.8) is 0 Å². The molecule has 1 fully saturated rings. The van der Waals surface area contributed by atoms with Gasteiger partial charge >= 0.3 is 0 Å². The SMILES string of the molecule is CN(C)CCNC(=O)C1CNC2=CC=CC21. The summed E-state index contributed by atoms with van der Waals surface area (Å²) in [4.78, 5) is 14.0. The van der Waals surface area contributed by atoms with Gasteiger partial charge in [0.05, 0.1) is 5.92 Å². The first kappa shape index (κ1) is 11.2. The largest absolute Gasteiger partial charge is 0.387 e. The Bertz CT molecular complexity index is 333. The number of allylic oxidation sites excluding steroid dienone is 3. The first-order valence-electron chi connectivity index (χ1n) is 5.73. The summed E-state index contributed by atoms with van der Waals surface area (Å²) in [5.41, 5.74) is 1.19. The van der Waals surface area contributed by atoms with Crippen LogP contribution in [0.1, 0.15) is 0 Å². The molecular formula is C12H19N3O. The van der Waals surface area contributed by atoms with Crippen LogP contribution in [-0.4, -0.2) is 44.5 Å². The number of hydrogen-bond donors (Lipinski definition) is 2. The van der Waals surface area contributed by atoms with Gasteiger partial charge < -0.3 is 15.5 Å². The van der Waals surface area contributed by atoms with Gasteiger partial charge in [0.2, 0.25) is 5.91 Å². The van der Waals surface area contributed by atoms with E-state index in [0.29, 0.717) is 0 Å². The van der Waals surface area contributed by atoms with Crippen molar-refractivity contribution >= 4 is 5.91 Å². The van der Waals surface area contributed by atoms with Crippen molar-refractivity contribution in [2.45, 2.75) is 0 Å². The lowest BCUT2D eigenvalue weighted by molar-refractivity contribution is -0.125. The number of carbonyl (C=O) groups excluding carboxylic acids is 1. The molecule has 2 atom stereocenters. The molecule has 4 nitrogen and oxygen atoms in total. The molecule has 1 saturated heterocycles. The number of nitrogens with one attached hydrogen (secondary N) is 2. The highest BCUT2D eigenvalue weighted by Gasteiger charge is 2.35. The topological polar surface area (TPSA) is 44.4 Å². The van der Waals surface area contributed by atoms with Gasteiger partial charge in [0.1, 0.15) is 0 Å². The van der Waals surface area contributed by atoms with Crippen molar-refractivity contribution < 1.29 is 4.79 Å². The van der Waals surface area contributed by atoms with Crippen molar-refractivity contribution in [2.75, 3.05) is 33.7 Å². The van der Waals surface area contributed by atoms with Gasteiger partial charge in [0.15, 0.2) is 0 Å². The zero-order valence-corrected chi connectivity index (χ0v) is 9.86. The Morgan fingerprint density at radius 3 is 3.19 bits per heavy atom. The van der Waals surface area contributed by atoms with Crippen LogP contribution < -0.4 is 10.6 Å². The molecule has 0 aromatic rings. The van der Waals surface area contributed by atoms with Crippen molar-refractivity contribution in [3.05, 3.63) is 23.9 Å². The van der Waals surface area contributed by atoms with Gasteiger partial charge in [-0.2, -0.15) is 0 Å². The normalized spacial score (nSPS) is 26.6. The van der Waals surface area contributed by atoms with Gasteiger partial charge in [0, 0.05) is 31.2 Å². The second-order valence-electron chi connectivity index (χ2n) is 4.61. The summed E-state index contributed by atoms with van der Waals surface area (Å²) in [6, 6.07) is 0. The predicted molar refractivity (Wildman–Crippen MR) is 63.8 cm³/mol. The monoisotopic (exact) mass is 221 g/mol. The van der Waals surface area contributed by atoms with E-state index >= 15 is 0 Å². The Morgan fingerprint density at radius 1 is 1.62 bits per heavy atom. The van der Waals surface area contributed by atoms with E-state index < -0.39 is 0 Å². The van der Waals surface area contributed by atoms with Crippen molar-refractivity contribution in [3.8, 4) is 0 Å². The third-order valence-corrected chi connectivity index (χ3v) is 3.11. The van der Waals surface area contributed by atoms with Gasteiger partial charge in [0.25, 0.3) is 0 Å². The van der Waals surface area contributed by atoms with E-state index in [-0.39, 0.29) is 17.7 Å². The summed E-state index contributed by atoms with van der Waals surface area (Å²) in [6.45, 7) is 2.36. The summed E-state index contributed by atoms with van der Waals surface area (Å²) >= 11 is 0. The predicted octanol–water partition coefficient (Wildman–Crippen LogP) is -0.0465. The Labute approximate surface area is 96.4 Å². The molecule has 1 amide bonds. The molecule has 16 heavy (non-hydrogen) atoms. The van der Waals surface area contributed by atoms with E-state index in [1.165, 1.54) is 5.70 Å². The molecule has 0 aromatic carbocycles. The lowest BCUT2D eigenvalue weighted by atomic mass is 9.95. The number of amides is 1. The molecule has 2 N–H and O–H groups in total. The van der Waals surface area contributed by atoms with Gasteiger partial charge in [-0.1, -0.05) is 12.2 Å². The lowest BCUT2D eigenvalue weighted by Gasteiger charge is -2.15. The van der Waals surface area contributed by atoms with Crippen molar-refractivity contribution in [1.82, 2.24) is 15.5 Å². The second-order valence-corrected chi connectivity index (χ2v) is 4.61. The Morgan fingerprint density at radius 2 is 2.44 bits per heavy atom. The molecule has 1 heterocycles. The summed E-state index contributed by atoms with van der Waals surface area (Å²) in [7, 11) is 4.01. The molecule has 2 rings (SSSR count). The fourth-order valence-electron chi connectivity index (χ4n) is 2.17. The van der Waals surface area contributed by atoms with Crippen LogP contribution in [0.5, 0.6) is 0 Å². The summed E-state index contributed by atoms with van der Waals surface area (Å²) in [5, 5.41) is 6.26. The molecule has 0 bridgehead atoms. The third-order valence-electron chi connectivity index (χ3n) is 3.11. The van der Waals surface area contributed by atoms with E-state index in [9.17, 15) is 4.79 Å². The maximum absolute atomic E-state index is 11.9. The number of likely N-dealkylation sites (N-methyl/N-ethyl adjacent to an activating group) is 1. The van der Waals surface area contributed by atoms with E-state index in [4.69, 9.17) is 0 Å². The average Bonchev–Trinajstić information content (AvgIpc) is 2.76. The van der Waals surface area contributed by atoms with Crippen LogP contribution in [0.3, 0.4) is 0 Å². The van der Waals surface area contributed by atoms with Gasteiger partial charge in [-0.3, -0.25) is 4.79 Å². The third kappa shape index (κ3) is 2.27. The highest BCUT2D eigenvalue weighted by atomic mass is 16.1. The van der Waals surface area contributed by atoms with Crippen LogP contribution in [0, 0.1) is 11.8 Å². The molecule has 0 aromatic heterocycles. The zero-order valence-electron chi connectivity index (χ0n) is 9.86. The van der Waals surface area contributed by atoms with E-state index in [1.54, 1.807) is 0 Å². The number of carbonyl (C=O) groups is 1. The summed E-state index contributed by atoms with van der Waals surface area (Å²) in [5.74, 6) is 0.501. The van der Waals surface area contributed by atoms with Crippen LogP contribution in [0.25, 0.3) is 0 Å². The molecule has 2 aliphatic rings. The quantitative estimate of drug-likeness (QED) is 0.700. The average molecular weight is 221 g/mol. The minimum absolute atomic E-state index is 0.0622. The standard InChI is InChI=1S/C12H19N3O/c1-15(2)7-6-13-12(16)10-8-14-11-5-3-4-9(10)11/h3-5,9-10,14H,6-8H2,1-2H3,(H,13,16). The molecule has 1 aliphatic heterocycles. The molecule has 1 aliphatic carbocycles. The molecule has 0 radical (unpaired) electrons. The highest BCUT2D eigenvalue weighted by molar-refractivity contribution is 5.80. The van der Waals surface area contributed by atoms with Crippen molar-refractivity contribution in [1.29, 1.82) is 0 Å². The smallest absolute Gasteiger partial charge is 0.225 e. The fraction of sp³-hybridized carbons (Fsp3) is 0.583. The maximum Gasteiger partial charge on any atom is 0.225 e. The zero-order chi connectivity index (χ0) is 11.5. The second kappa shape index (κ2) is 4.70. The summed E-state index contributed by atoms with van der Waals surface area (Å²) < 4.78 is 0. The van der Waals surface area contributed by atoms with Crippen LogP contribution in [-0.2, 0) is 4.79 Å². The highest BCUT2D eigenvalue weighted by Crippen LogP contribution is 2.30. The molecule has 88 valence electrons. The molecule has 0 saturated carbocycles. The first-order valence-corrected chi connectivity index (χ1v) is 5.73. The minimum atomic E-state index is 0.0622. The van der Waals surface area contributed by atoms with Gasteiger partial charge in [-0.05, 0) is 20.2 Å². The van der Waals surface area contributed by atoms with Crippen LogP contribution in [0.4, 0.5) is 0 Å². The van der Waals surface area contributed by atoms with Crippen LogP contribution >= 0.6 is 0 Å². The van der Waals surface area contributed by atoms with E-state index in [0.717, 1.165) is 19.6 Å². The first-order chi connectivity index (χ1) is 7.68. The van der Waals surface area contributed by atoms with E-state index in [2.05, 4.69) is 27.7 Å². The van der Waals surface area contributed by atoms with E-state index in [1.807, 2.05) is 20.2 Å². The number of nitrogens with zero attached hydrogens (tertiary/aromatic N) is 1. The minimum Gasteiger partial charge on any atom is -0.387 e. The fourth-order valence-corrected chi connectivity index (χ4v) is 2.17. The van der Waals surface area contributed by atoms with Crippen LogP contribution in [0.15, 0.2) is 23.9 Å². The van der Waals surface area contributed by atoms with Gasteiger partial charge in [-0.25, -0.2) is 0 Å². The number of rotatable bonds is 4. The Kier molecular flexibility index (Phi) is 3.29. The molecule has 2 unspecified atom stereocenters. The summed E-state index contributed by atoms with van der Waals surface area (Å²) in [6.07, 6.45) is 6.18.